The molecular weight excluding hydrogens is 266 g/mol. The van der Waals surface area contributed by atoms with E-state index in [1.807, 2.05) is 13.8 Å². The highest BCUT2D eigenvalue weighted by molar-refractivity contribution is 5.92. The van der Waals surface area contributed by atoms with Crippen molar-refractivity contribution in [2.45, 2.75) is 57.9 Å². The summed E-state index contributed by atoms with van der Waals surface area (Å²) < 4.78 is 0. The first-order valence-corrected chi connectivity index (χ1v) is 7.94. The third kappa shape index (κ3) is 2.61. The van der Waals surface area contributed by atoms with Crippen molar-refractivity contribution >= 4 is 11.7 Å². The molecule has 1 aromatic heterocycles. The summed E-state index contributed by atoms with van der Waals surface area (Å²) in [6.45, 7) is 4.89. The topological polar surface area (TPSA) is 66.3 Å². The van der Waals surface area contributed by atoms with Crippen LogP contribution in [-0.2, 0) is 0 Å². The zero-order chi connectivity index (χ0) is 15.0. The van der Waals surface area contributed by atoms with Crippen LogP contribution in [0.2, 0.25) is 0 Å². The molecule has 2 aliphatic rings. The molecule has 0 amide bonds. The Labute approximate surface area is 125 Å². The van der Waals surface area contributed by atoms with Gasteiger partial charge in [-0.3, -0.25) is 0 Å². The summed E-state index contributed by atoms with van der Waals surface area (Å²) in [4.78, 5) is 22.5. The molecule has 2 unspecified atom stereocenters. The van der Waals surface area contributed by atoms with Gasteiger partial charge in [0, 0.05) is 18.5 Å². The average molecular weight is 289 g/mol. The van der Waals surface area contributed by atoms with Gasteiger partial charge in [-0.2, -0.15) is 0 Å². The van der Waals surface area contributed by atoms with E-state index >= 15 is 0 Å². The minimum absolute atomic E-state index is 0.137. The fourth-order valence-electron chi connectivity index (χ4n) is 3.74. The molecule has 0 radical (unpaired) electrons. The van der Waals surface area contributed by atoms with Crippen LogP contribution in [0.4, 0.5) is 5.69 Å². The second-order valence-electron chi connectivity index (χ2n) is 6.52. The number of aromatic nitrogens is 2. The lowest BCUT2D eigenvalue weighted by atomic mass is 9.85. The lowest BCUT2D eigenvalue weighted by molar-refractivity contribution is 0.0690. The molecule has 2 atom stereocenters. The summed E-state index contributed by atoms with van der Waals surface area (Å²) in [5.74, 6) is 0.507. The quantitative estimate of drug-likeness (QED) is 0.926. The summed E-state index contributed by atoms with van der Waals surface area (Å²) in [7, 11) is 0. The first kappa shape index (κ1) is 14.3. The molecule has 1 N–H and O–H groups in total. The molecule has 1 aliphatic heterocycles. The number of nitrogens with zero attached hydrogens (tertiary/aromatic N) is 3. The van der Waals surface area contributed by atoms with Crippen LogP contribution in [0.3, 0.4) is 0 Å². The number of rotatable bonds is 3. The van der Waals surface area contributed by atoms with E-state index in [9.17, 15) is 9.90 Å². The van der Waals surface area contributed by atoms with E-state index < -0.39 is 5.97 Å². The number of carbonyl (C=O) groups is 1. The Morgan fingerprint density at radius 1 is 1.33 bits per heavy atom. The molecule has 114 valence electrons. The van der Waals surface area contributed by atoms with Gasteiger partial charge in [0.25, 0.3) is 0 Å². The van der Waals surface area contributed by atoms with Crippen molar-refractivity contribution in [1.82, 2.24) is 9.97 Å². The summed E-state index contributed by atoms with van der Waals surface area (Å²) in [5.41, 5.74) is 0.876. The largest absolute Gasteiger partial charge is 0.476 e. The van der Waals surface area contributed by atoms with Crippen molar-refractivity contribution in [3.8, 4) is 0 Å². The molecule has 1 aliphatic carbocycles. The number of carboxylic acids is 1. The van der Waals surface area contributed by atoms with Crippen LogP contribution in [0.15, 0.2) is 6.20 Å². The van der Waals surface area contributed by atoms with Gasteiger partial charge in [-0.1, -0.05) is 26.7 Å². The van der Waals surface area contributed by atoms with Gasteiger partial charge in [-0.25, -0.2) is 14.8 Å². The molecule has 2 fully saturated rings. The molecule has 2 heterocycles. The number of aromatic carboxylic acids is 1. The van der Waals surface area contributed by atoms with Crippen molar-refractivity contribution < 1.29 is 9.90 Å². The smallest absolute Gasteiger partial charge is 0.356 e. The molecular formula is C16H23N3O2. The van der Waals surface area contributed by atoms with Crippen molar-refractivity contribution in [2.75, 3.05) is 11.4 Å². The molecule has 1 saturated carbocycles. The van der Waals surface area contributed by atoms with Gasteiger partial charge in [0.15, 0.2) is 5.69 Å². The van der Waals surface area contributed by atoms with Crippen LogP contribution < -0.4 is 4.90 Å². The molecule has 1 aromatic rings. The number of hydrogen-bond acceptors (Lipinski definition) is 4. The van der Waals surface area contributed by atoms with Crippen molar-refractivity contribution in [1.29, 1.82) is 0 Å². The third-order valence-electron chi connectivity index (χ3n) is 4.83. The van der Waals surface area contributed by atoms with E-state index in [1.165, 1.54) is 19.3 Å². The Kier molecular flexibility index (Phi) is 3.83. The first-order chi connectivity index (χ1) is 10.1. The van der Waals surface area contributed by atoms with Gasteiger partial charge < -0.3 is 10.0 Å². The highest BCUT2D eigenvalue weighted by Gasteiger charge is 2.37. The van der Waals surface area contributed by atoms with Crippen molar-refractivity contribution in [3.05, 3.63) is 17.7 Å². The molecule has 1 saturated heterocycles. The van der Waals surface area contributed by atoms with Crippen LogP contribution in [-0.4, -0.2) is 33.6 Å². The first-order valence-electron chi connectivity index (χ1n) is 7.94. The fourth-order valence-corrected chi connectivity index (χ4v) is 3.74. The molecule has 0 spiro atoms. The minimum atomic E-state index is -0.950. The zero-order valence-electron chi connectivity index (χ0n) is 12.7. The van der Waals surface area contributed by atoms with Crippen LogP contribution in [0.1, 0.15) is 68.2 Å². The van der Waals surface area contributed by atoms with Crippen LogP contribution >= 0.6 is 0 Å². The van der Waals surface area contributed by atoms with Crippen molar-refractivity contribution in [2.24, 2.45) is 5.92 Å². The number of anilines is 1. The van der Waals surface area contributed by atoms with E-state index in [-0.39, 0.29) is 11.6 Å². The lowest BCUT2D eigenvalue weighted by Crippen LogP contribution is -2.36. The Bertz CT molecular complexity index is 544. The van der Waals surface area contributed by atoms with Gasteiger partial charge in [0.2, 0.25) is 0 Å². The molecule has 5 heteroatoms. The number of fused-ring (bicyclic) bond motifs is 1. The van der Waals surface area contributed by atoms with E-state index in [2.05, 4.69) is 14.9 Å². The predicted octanol–water partition coefficient (Wildman–Crippen LogP) is 3.07. The summed E-state index contributed by atoms with van der Waals surface area (Å²) in [6.07, 6.45) is 7.87. The molecule has 3 rings (SSSR count). The second kappa shape index (κ2) is 5.62. The standard InChI is InChI=1S/C16H23N3O2/c1-10(2)15-17-9-13(14(18-15)16(20)21)19-8-7-11-5-3-4-6-12(11)19/h9-12H,3-8H2,1-2H3,(H,20,21). The van der Waals surface area contributed by atoms with E-state index in [0.717, 1.165) is 19.4 Å². The normalized spacial score (nSPS) is 25.2. The molecule has 0 bridgehead atoms. The van der Waals surface area contributed by atoms with Gasteiger partial charge in [0.1, 0.15) is 5.82 Å². The Morgan fingerprint density at radius 3 is 2.81 bits per heavy atom. The van der Waals surface area contributed by atoms with Gasteiger partial charge in [-0.15, -0.1) is 0 Å². The Balaban J connectivity index is 1.96. The minimum Gasteiger partial charge on any atom is -0.476 e. The van der Waals surface area contributed by atoms with Gasteiger partial charge in [-0.05, 0) is 25.2 Å². The maximum Gasteiger partial charge on any atom is 0.356 e. The highest BCUT2D eigenvalue weighted by Crippen LogP contribution is 2.39. The number of carboxylic acid groups (broad SMARTS) is 1. The molecule has 0 aromatic carbocycles. The monoisotopic (exact) mass is 289 g/mol. The van der Waals surface area contributed by atoms with Gasteiger partial charge >= 0.3 is 5.97 Å². The summed E-state index contributed by atoms with van der Waals surface area (Å²) in [6, 6.07) is 0.477. The third-order valence-corrected chi connectivity index (χ3v) is 4.83. The number of hydrogen-bond donors (Lipinski definition) is 1. The lowest BCUT2D eigenvalue weighted by Gasteiger charge is -2.33. The highest BCUT2D eigenvalue weighted by atomic mass is 16.4. The molecule has 5 nitrogen and oxygen atoms in total. The average Bonchev–Trinajstić information content (AvgIpc) is 2.90. The maximum atomic E-state index is 11.6. The van der Waals surface area contributed by atoms with E-state index in [4.69, 9.17) is 0 Å². The van der Waals surface area contributed by atoms with Crippen LogP contribution in [0.5, 0.6) is 0 Å². The van der Waals surface area contributed by atoms with Crippen LogP contribution in [0, 0.1) is 5.92 Å². The van der Waals surface area contributed by atoms with E-state index in [0.29, 0.717) is 23.5 Å². The maximum absolute atomic E-state index is 11.6. The van der Waals surface area contributed by atoms with Crippen molar-refractivity contribution in [3.63, 3.8) is 0 Å². The summed E-state index contributed by atoms with van der Waals surface area (Å²) >= 11 is 0. The predicted molar refractivity (Wildman–Crippen MR) is 80.8 cm³/mol. The SMILES string of the molecule is CC(C)c1ncc(N2CCC3CCCCC32)c(C(=O)O)n1. The van der Waals surface area contributed by atoms with Gasteiger partial charge in [0.05, 0.1) is 11.9 Å². The molecule has 21 heavy (non-hydrogen) atoms. The second-order valence-corrected chi connectivity index (χ2v) is 6.52. The fraction of sp³-hybridized carbons (Fsp3) is 0.688. The summed E-state index contributed by atoms with van der Waals surface area (Å²) in [5, 5.41) is 9.51. The zero-order valence-corrected chi connectivity index (χ0v) is 12.7. The van der Waals surface area contributed by atoms with E-state index in [1.54, 1.807) is 6.20 Å². The Hall–Kier alpha value is -1.65. The Morgan fingerprint density at radius 2 is 2.10 bits per heavy atom. The van der Waals surface area contributed by atoms with Crippen LogP contribution in [0.25, 0.3) is 0 Å².